The monoisotopic (exact) mass is 288 g/mol. The number of hydrogen-bond acceptors (Lipinski definition) is 3. The number of hydrogen-bond donors (Lipinski definition) is 1. The number of anilines is 1. The molecule has 0 unspecified atom stereocenters. The molecule has 2 fully saturated rings. The van der Waals surface area contributed by atoms with Crippen molar-refractivity contribution < 1.29 is 4.74 Å². The normalized spacial score (nSPS) is 20.5. The van der Waals surface area contributed by atoms with Gasteiger partial charge in [0.05, 0.1) is 6.10 Å². The fourth-order valence-electron chi connectivity index (χ4n) is 3.66. The first-order valence-electron chi connectivity index (χ1n) is 8.62. The molecule has 1 aliphatic heterocycles. The molecular formula is C18H28N2O. The molecule has 0 spiro atoms. The number of ether oxygens (including phenoxy) is 1. The molecule has 1 saturated carbocycles. The smallest absolute Gasteiger partial charge is 0.126 e. The van der Waals surface area contributed by atoms with E-state index in [1.807, 2.05) is 0 Å². The summed E-state index contributed by atoms with van der Waals surface area (Å²) in [6.07, 6.45) is 10.7. The van der Waals surface area contributed by atoms with Crippen LogP contribution in [0.4, 0.5) is 5.69 Å². The summed E-state index contributed by atoms with van der Waals surface area (Å²) in [7, 11) is 0. The topological polar surface area (TPSA) is 38.5 Å². The molecule has 1 saturated heterocycles. The Morgan fingerprint density at radius 1 is 1.00 bits per heavy atom. The lowest BCUT2D eigenvalue weighted by atomic mass is 9.97. The van der Waals surface area contributed by atoms with Crippen LogP contribution in [0.15, 0.2) is 18.2 Å². The van der Waals surface area contributed by atoms with E-state index >= 15 is 0 Å². The van der Waals surface area contributed by atoms with Gasteiger partial charge in [0.2, 0.25) is 0 Å². The van der Waals surface area contributed by atoms with Crippen molar-refractivity contribution in [3.8, 4) is 5.75 Å². The maximum atomic E-state index is 6.30. The first-order valence-corrected chi connectivity index (χ1v) is 8.62. The van der Waals surface area contributed by atoms with Crippen LogP contribution in [0.3, 0.4) is 0 Å². The lowest BCUT2D eigenvalue weighted by Gasteiger charge is -2.32. The molecule has 0 radical (unpaired) electrons. The number of rotatable bonds is 4. The molecule has 21 heavy (non-hydrogen) atoms. The number of piperidine rings is 1. The van der Waals surface area contributed by atoms with E-state index in [2.05, 4.69) is 23.1 Å². The summed E-state index contributed by atoms with van der Waals surface area (Å²) < 4.78 is 6.30. The largest absolute Gasteiger partial charge is 0.490 e. The Bertz CT molecular complexity index is 449. The second-order valence-electron chi connectivity index (χ2n) is 6.38. The van der Waals surface area contributed by atoms with Crippen LogP contribution >= 0.6 is 0 Å². The zero-order valence-corrected chi connectivity index (χ0v) is 13.0. The van der Waals surface area contributed by atoms with Gasteiger partial charge in [0, 0.05) is 30.9 Å². The SMILES string of the molecule is NCc1c(OC2CCCCC2)cccc1N1CCCCC1. The second-order valence-corrected chi connectivity index (χ2v) is 6.38. The Balaban J connectivity index is 1.79. The van der Waals surface area contributed by atoms with E-state index in [0.29, 0.717) is 12.6 Å². The highest BCUT2D eigenvalue weighted by Crippen LogP contribution is 2.33. The van der Waals surface area contributed by atoms with Crippen LogP contribution in [0, 0.1) is 0 Å². The Morgan fingerprint density at radius 2 is 1.71 bits per heavy atom. The standard InChI is InChI=1S/C18H28N2O/c19-14-16-17(20-12-5-2-6-13-20)10-7-11-18(16)21-15-8-3-1-4-9-15/h7,10-11,15H,1-6,8-9,12-14,19H2. The molecule has 1 aromatic rings. The van der Waals surface area contributed by atoms with Gasteiger partial charge >= 0.3 is 0 Å². The lowest BCUT2D eigenvalue weighted by molar-refractivity contribution is 0.153. The van der Waals surface area contributed by atoms with Crippen molar-refractivity contribution in [3.05, 3.63) is 23.8 Å². The number of nitrogens with two attached hydrogens (primary N) is 1. The second kappa shape index (κ2) is 7.17. The molecule has 0 aromatic heterocycles. The summed E-state index contributed by atoms with van der Waals surface area (Å²) in [5, 5.41) is 0. The van der Waals surface area contributed by atoms with E-state index in [1.54, 1.807) is 0 Å². The number of nitrogens with zero attached hydrogens (tertiary/aromatic N) is 1. The lowest BCUT2D eigenvalue weighted by Crippen LogP contribution is -2.31. The molecule has 116 valence electrons. The van der Waals surface area contributed by atoms with Gasteiger partial charge in [0.15, 0.2) is 0 Å². The van der Waals surface area contributed by atoms with Crippen molar-refractivity contribution in [2.75, 3.05) is 18.0 Å². The van der Waals surface area contributed by atoms with Crippen molar-refractivity contribution in [1.29, 1.82) is 0 Å². The molecule has 1 aliphatic carbocycles. The summed E-state index contributed by atoms with van der Waals surface area (Å²) >= 11 is 0. The fourth-order valence-corrected chi connectivity index (χ4v) is 3.66. The number of benzene rings is 1. The zero-order chi connectivity index (χ0) is 14.5. The van der Waals surface area contributed by atoms with Crippen molar-refractivity contribution in [2.24, 2.45) is 5.73 Å². The summed E-state index contributed by atoms with van der Waals surface area (Å²) in [6, 6.07) is 6.44. The summed E-state index contributed by atoms with van der Waals surface area (Å²) in [4.78, 5) is 2.49. The van der Waals surface area contributed by atoms with Gasteiger partial charge in [-0.3, -0.25) is 0 Å². The van der Waals surface area contributed by atoms with Crippen molar-refractivity contribution in [1.82, 2.24) is 0 Å². The molecule has 2 aliphatic rings. The highest BCUT2D eigenvalue weighted by Gasteiger charge is 2.20. The van der Waals surface area contributed by atoms with Gasteiger partial charge in [-0.1, -0.05) is 12.5 Å². The Hall–Kier alpha value is -1.22. The highest BCUT2D eigenvalue weighted by atomic mass is 16.5. The first-order chi connectivity index (χ1) is 10.4. The van der Waals surface area contributed by atoms with E-state index in [9.17, 15) is 0 Å². The van der Waals surface area contributed by atoms with Crippen LogP contribution < -0.4 is 15.4 Å². The fraction of sp³-hybridized carbons (Fsp3) is 0.667. The Kier molecular flexibility index (Phi) is 5.02. The third-order valence-electron chi connectivity index (χ3n) is 4.86. The van der Waals surface area contributed by atoms with Gasteiger partial charge in [-0.15, -0.1) is 0 Å². The van der Waals surface area contributed by atoms with Gasteiger partial charge < -0.3 is 15.4 Å². The van der Waals surface area contributed by atoms with Gasteiger partial charge in [-0.25, -0.2) is 0 Å². The highest BCUT2D eigenvalue weighted by molar-refractivity contribution is 5.59. The molecule has 3 nitrogen and oxygen atoms in total. The molecule has 1 aromatic carbocycles. The van der Waals surface area contributed by atoms with Crippen molar-refractivity contribution in [2.45, 2.75) is 64.0 Å². The molecule has 0 atom stereocenters. The maximum Gasteiger partial charge on any atom is 0.126 e. The average molecular weight is 288 g/mol. The quantitative estimate of drug-likeness (QED) is 0.914. The third kappa shape index (κ3) is 3.52. The average Bonchev–Trinajstić information content (AvgIpc) is 2.56. The molecule has 0 bridgehead atoms. The molecule has 0 amide bonds. The van der Waals surface area contributed by atoms with Crippen LogP contribution in [-0.4, -0.2) is 19.2 Å². The minimum Gasteiger partial charge on any atom is -0.490 e. The van der Waals surface area contributed by atoms with Crippen LogP contribution in [0.5, 0.6) is 5.75 Å². The summed E-state index contributed by atoms with van der Waals surface area (Å²) in [5.74, 6) is 1.02. The van der Waals surface area contributed by atoms with Crippen molar-refractivity contribution in [3.63, 3.8) is 0 Å². The Labute approximate surface area is 128 Å². The van der Waals surface area contributed by atoms with Crippen LogP contribution in [0.2, 0.25) is 0 Å². The molecule has 2 N–H and O–H groups in total. The van der Waals surface area contributed by atoms with Gasteiger partial charge in [0.1, 0.15) is 5.75 Å². The van der Waals surface area contributed by atoms with E-state index in [1.165, 1.54) is 62.6 Å². The van der Waals surface area contributed by atoms with Gasteiger partial charge in [0.25, 0.3) is 0 Å². The minimum atomic E-state index is 0.389. The van der Waals surface area contributed by atoms with Crippen LogP contribution in [0.1, 0.15) is 56.9 Å². The third-order valence-corrected chi connectivity index (χ3v) is 4.86. The molecule has 3 heteroatoms. The van der Waals surface area contributed by atoms with Gasteiger partial charge in [-0.2, -0.15) is 0 Å². The zero-order valence-electron chi connectivity index (χ0n) is 13.0. The van der Waals surface area contributed by atoms with E-state index in [-0.39, 0.29) is 0 Å². The molecule has 1 heterocycles. The predicted molar refractivity (Wildman–Crippen MR) is 87.9 cm³/mol. The predicted octanol–water partition coefficient (Wildman–Crippen LogP) is 3.85. The summed E-state index contributed by atoms with van der Waals surface area (Å²) in [5.41, 5.74) is 8.55. The van der Waals surface area contributed by atoms with Crippen molar-refractivity contribution >= 4 is 5.69 Å². The van der Waals surface area contributed by atoms with E-state index in [0.717, 1.165) is 18.8 Å². The maximum absolute atomic E-state index is 6.30. The minimum absolute atomic E-state index is 0.389. The molecule has 3 rings (SSSR count). The van der Waals surface area contributed by atoms with E-state index < -0.39 is 0 Å². The van der Waals surface area contributed by atoms with Crippen LogP contribution in [0.25, 0.3) is 0 Å². The van der Waals surface area contributed by atoms with E-state index in [4.69, 9.17) is 10.5 Å². The Morgan fingerprint density at radius 3 is 2.43 bits per heavy atom. The van der Waals surface area contributed by atoms with Crippen LogP contribution in [-0.2, 0) is 6.54 Å². The summed E-state index contributed by atoms with van der Waals surface area (Å²) in [6.45, 7) is 2.87. The van der Waals surface area contributed by atoms with Gasteiger partial charge in [-0.05, 0) is 57.1 Å². The first kappa shape index (κ1) is 14.7. The molecular weight excluding hydrogens is 260 g/mol.